The molecule has 9 heteroatoms. The average molecular weight is 353 g/mol. The quantitative estimate of drug-likeness (QED) is 0.526. The molecule has 0 saturated heterocycles. The summed E-state index contributed by atoms with van der Waals surface area (Å²) in [4.78, 5) is 47.0. The summed E-state index contributed by atoms with van der Waals surface area (Å²) < 4.78 is 4.95. The Balaban J connectivity index is 1.83. The monoisotopic (exact) mass is 353 g/mol. The Morgan fingerprint density at radius 3 is 2.73 bits per heavy atom. The van der Waals surface area contributed by atoms with E-state index < -0.39 is 23.6 Å². The number of carbonyl (C=O) groups excluding carboxylic acids is 3. The summed E-state index contributed by atoms with van der Waals surface area (Å²) in [5.74, 6) is -2.64. The maximum Gasteiger partial charge on any atom is 0.287 e. The number of aromatic nitrogens is 3. The minimum Gasteiger partial charge on any atom is -0.472 e. The van der Waals surface area contributed by atoms with Crippen molar-refractivity contribution >= 4 is 17.6 Å². The molecule has 0 spiro atoms. The van der Waals surface area contributed by atoms with Crippen LogP contribution in [0.1, 0.15) is 16.1 Å². The van der Waals surface area contributed by atoms with Gasteiger partial charge in [-0.25, -0.2) is 4.98 Å². The fourth-order valence-corrected chi connectivity index (χ4v) is 2.42. The van der Waals surface area contributed by atoms with Crippen molar-refractivity contribution in [2.75, 3.05) is 0 Å². The number of ketones is 1. The summed E-state index contributed by atoms with van der Waals surface area (Å²) >= 11 is 0. The van der Waals surface area contributed by atoms with E-state index in [-0.39, 0.29) is 12.1 Å². The number of nitrogens with two attached hydrogens (primary N) is 1. The first kappa shape index (κ1) is 17.1. The highest BCUT2D eigenvalue weighted by Gasteiger charge is 2.28. The fourth-order valence-electron chi connectivity index (χ4n) is 2.42. The molecule has 2 amide bonds. The van der Waals surface area contributed by atoms with Gasteiger partial charge in [-0.3, -0.25) is 19.4 Å². The molecule has 3 aromatic heterocycles. The van der Waals surface area contributed by atoms with Crippen molar-refractivity contribution in [1.29, 1.82) is 0 Å². The van der Waals surface area contributed by atoms with Crippen LogP contribution in [0.5, 0.6) is 0 Å². The van der Waals surface area contributed by atoms with E-state index in [2.05, 4.69) is 20.3 Å². The van der Waals surface area contributed by atoms with E-state index in [9.17, 15) is 14.4 Å². The molecule has 26 heavy (non-hydrogen) atoms. The lowest BCUT2D eigenvalue weighted by Crippen LogP contribution is -2.47. The molecule has 3 aromatic rings. The maximum absolute atomic E-state index is 12.6. The number of primary amides is 1. The van der Waals surface area contributed by atoms with Crippen molar-refractivity contribution in [3.63, 3.8) is 0 Å². The summed E-state index contributed by atoms with van der Waals surface area (Å²) in [5.41, 5.74) is 6.67. The van der Waals surface area contributed by atoms with Crippen molar-refractivity contribution in [3.8, 4) is 11.4 Å². The fraction of sp³-hybridized carbons (Fsp3) is 0.118. The van der Waals surface area contributed by atoms with Crippen LogP contribution >= 0.6 is 0 Å². The van der Waals surface area contributed by atoms with Gasteiger partial charge in [0.25, 0.3) is 11.8 Å². The van der Waals surface area contributed by atoms with Crippen molar-refractivity contribution in [3.05, 3.63) is 60.6 Å². The Morgan fingerprint density at radius 1 is 1.23 bits per heavy atom. The van der Waals surface area contributed by atoms with Gasteiger partial charge in [-0.2, -0.15) is 0 Å². The molecular formula is C17H15N5O4. The molecule has 3 rings (SSSR count). The third-order valence-electron chi connectivity index (χ3n) is 3.66. The second kappa shape index (κ2) is 7.43. The average Bonchev–Trinajstić information content (AvgIpc) is 3.32. The van der Waals surface area contributed by atoms with Crippen molar-refractivity contribution < 1.29 is 18.8 Å². The van der Waals surface area contributed by atoms with Gasteiger partial charge in [0.1, 0.15) is 17.4 Å². The SMILES string of the molecule is NC(=O)C(=O)C(Cc1ccoc1)NC(=O)c1[nH]cnc1-c1ccccn1. The number of nitrogens with zero attached hydrogens (tertiary/aromatic N) is 2. The van der Waals surface area contributed by atoms with Crippen LogP contribution in [0.3, 0.4) is 0 Å². The maximum atomic E-state index is 12.6. The van der Waals surface area contributed by atoms with Crippen LogP contribution in [0.2, 0.25) is 0 Å². The van der Waals surface area contributed by atoms with E-state index in [4.69, 9.17) is 10.2 Å². The molecule has 0 bridgehead atoms. The number of aromatic amines is 1. The number of hydrogen-bond acceptors (Lipinski definition) is 6. The van der Waals surface area contributed by atoms with Crippen LogP contribution in [0.25, 0.3) is 11.4 Å². The Bertz CT molecular complexity index is 918. The Kier molecular flexibility index (Phi) is 4.88. The van der Waals surface area contributed by atoms with Crippen LogP contribution < -0.4 is 11.1 Å². The summed E-state index contributed by atoms with van der Waals surface area (Å²) in [6.07, 6.45) is 5.83. The van der Waals surface area contributed by atoms with Gasteiger partial charge in [0.15, 0.2) is 0 Å². The number of Topliss-reactive ketones (excluding diaryl/α,β-unsaturated/α-hetero) is 1. The molecule has 9 nitrogen and oxygen atoms in total. The van der Waals surface area contributed by atoms with Crippen molar-refractivity contribution in [2.24, 2.45) is 5.73 Å². The normalized spacial score (nSPS) is 11.7. The van der Waals surface area contributed by atoms with Gasteiger partial charge < -0.3 is 20.5 Å². The topological polar surface area (TPSA) is 144 Å². The van der Waals surface area contributed by atoms with Gasteiger partial charge >= 0.3 is 0 Å². The predicted octanol–water partition coefficient (Wildman–Crippen LogP) is 0.460. The summed E-state index contributed by atoms with van der Waals surface area (Å²) in [6.45, 7) is 0. The minimum atomic E-state index is -1.13. The number of amides is 2. The van der Waals surface area contributed by atoms with Crippen LogP contribution in [-0.2, 0) is 16.0 Å². The van der Waals surface area contributed by atoms with Crippen LogP contribution in [0.15, 0.2) is 53.7 Å². The number of imidazole rings is 1. The zero-order valence-electron chi connectivity index (χ0n) is 13.5. The van der Waals surface area contributed by atoms with Gasteiger partial charge in [-0.15, -0.1) is 0 Å². The molecule has 1 atom stereocenters. The number of H-pyrrole nitrogens is 1. The molecule has 0 aromatic carbocycles. The molecule has 0 aliphatic heterocycles. The molecule has 132 valence electrons. The third kappa shape index (κ3) is 3.66. The third-order valence-corrected chi connectivity index (χ3v) is 3.66. The molecule has 0 saturated carbocycles. The summed E-state index contributed by atoms with van der Waals surface area (Å²) in [7, 11) is 0. The van der Waals surface area contributed by atoms with Crippen LogP contribution in [0, 0.1) is 0 Å². The summed E-state index contributed by atoms with van der Waals surface area (Å²) in [5, 5.41) is 2.52. The van der Waals surface area contributed by atoms with E-state index in [1.807, 2.05) is 0 Å². The van der Waals surface area contributed by atoms with Gasteiger partial charge in [0.05, 0.1) is 24.5 Å². The number of pyridine rings is 1. The first-order valence-electron chi connectivity index (χ1n) is 7.66. The van der Waals surface area contributed by atoms with Crippen LogP contribution in [-0.4, -0.2) is 38.6 Å². The van der Waals surface area contributed by atoms with E-state index >= 15 is 0 Å². The lowest BCUT2D eigenvalue weighted by atomic mass is 10.0. The van der Waals surface area contributed by atoms with E-state index in [0.717, 1.165) is 0 Å². The highest BCUT2D eigenvalue weighted by atomic mass is 16.3. The number of nitrogens with one attached hydrogen (secondary N) is 2. The Labute approximate surface area is 147 Å². The van der Waals surface area contributed by atoms with Crippen molar-refractivity contribution in [2.45, 2.75) is 12.5 Å². The lowest BCUT2D eigenvalue weighted by molar-refractivity contribution is -0.137. The summed E-state index contributed by atoms with van der Waals surface area (Å²) in [6, 6.07) is 5.70. The van der Waals surface area contributed by atoms with Gasteiger partial charge in [0, 0.05) is 12.6 Å². The highest BCUT2D eigenvalue weighted by Crippen LogP contribution is 2.17. The predicted molar refractivity (Wildman–Crippen MR) is 89.7 cm³/mol. The van der Waals surface area contributed by atoms with Gasteiger partial charge in [0.2, 0.25) is 5.78 Å². The van der Waals surface area contributed by atoms with Crippen molar-refractivity contribution in [1.82, 2.24) is 20.3 Å². The minimum absolute atomic E-state index is 0.0665. The standard InChI is InChI=1S/C17H15N5O4/c18-16(24)15(23)12(7-10-4-6-26-8-10)22-17(25)14-13(20-9-21-14)11-3-1-2-5-19-11/h1-6,8-9,12H,7H2,(H2,18,24)(H,20,21)(H,22,25). The van der Waals surface area contributed by atoms with E-state index in [1.54, 1.807) is 30.5 Å². The Morgan fingerprint density at radius 2 is 2.08 bits per heavy atom. The zero-order chi connectivity index (χ0) is 18.5. The number of rotatable bonds is 7. The molecule has 0 aliphatic rings. The van der Waals surface area contributed by atoms with Gasteiger partial charge in [-0.1, -0.05) is 6.07 Å². The second-order valence-corrected chi connectivity index (χ2v) is 5.43. The zero-order valence-corrected chi connectivity index (χ0v) is 13.5. The number of carbonyl (C=O) groups is 3. The highest BCUT2D eigenvalue weighted by molar-refractivity contribution is 6.38. The smallest absolute Gasteiger partial charge is 0.287 e. The number of hydrogen-bond donors (Lipinski definition) is 3. The van der Waals surface area contributed by atoms with E-state index in [0.29, 0.717) is 17.0 Å². The molecular weight excluding hydrogens is 338 g/mol. The first-order chi connectivity index (χ1) is 12.6. The molecule has 3 heterocycles. The molecule has 0 aliphatic carbocycles. The lowest BCUT2D eigenvalue weighted by Gasteiger charge is -2.15. The van der Waals surface area contributed by atoms with E-state index in [1.165, 1.54) is 18.9 Å². The molecule has 0 radical (unpaired) electrons. The largest absolute Gasteiger partial charge is 0.472 e. The molecule has 4 N–H and O–H groups in total. The molecule has 1 unspecified atom stereocenters. The number of furan rings is 1. The second-order valence-electron chi connectivity index (χ2n) is 5.43. The first-order valence-corrected chi connectivity index (χ1v) is 7.66. The Hall–Kier alpha value is -3.75. The molecule has 0 fully saturated rings. The van der Waals surface area contributed by atoms with Crippen LogP contribution in [0.4, 0.5) is 0 Å². The van der Waals surface area contributed by atoms with Gasteiger partial charge in [-0.05, 0) is 23.8 Å².